The molecule has 0 bridgehead atoms. The molecule has 1 fully saturated rings. The number of anilines is 2. The Hall–Kier alpha value is -3.15. The van der Waals surface area contributed by atoms with E-state index in [0.29, 0.717) is 23.5 Å². The summed E-state index contributed by atoms with van der Waals surface area (Å²) in [7, 11) is 0. The maximum atomic E-state index is 13.8. The second-order valence-corrected chi connectivity index (χ2v) is 8.89. The molecule has 1 atom stereocenters. The van der Waals surface area contributed by atoms with E-state index in [-0.39, 0.29) is 17.7 Å². The molecule has 3 amide bonds. The molecule has 1 heterocycles. The Morgan fingerprint density at radius 1 is 1.03 bits per heavy atom. The lowest BCUT2D eigenvalue weighted by Gasteiger charge is -2.50. The van der Waals surface area contributed by atoms with E-state index in [1.54, 1.807) is 18.2 Å². The van der Waals surface area contributed by atoms with Gasteiger partial charge in [-0.1, -0.05) is 50.5 Å². The molecule has 4 rings (SSSR count). The van der Waals surface area contributed by atoms with Gasteiger partial charge in [-0.25, -0.2) is 0 Å². The maximum Gasteiger partial charge on any atom is 0.254 e. The zero-order chi connectivity index (χ0) is 22.7. The summed E-state index contributed by atoms with van der Waals surface area (Å²) >= 11 is 0. The second kappa shape index (κ2) is 9.15. The molecule has 0 saturated heterocycles. The van der Waals surface area contributed by atoms with Crippen LogP contribution in [0.2, 0.25) is 0 Å². The van der Waals surface area contributed by atoms with Crippen LogP contribution in [0.1, 0.15) is 74.2 Å². The van der Waals surface area contributed by atoms with Gasteiger partial charge in [0.2, 0.25) is 11.8 Å². The molecule has 6 heteroatoms. The van der Waals surface area contributed by atoms with E-state index in [0.717, 1.165) is 44.1 Å². The van der Waals surface area contributed by atoms with Crippen molar-refractivity contribution in [3.8, 4) is 0 Å². The van der Waals surface area contributed by atoms with Crippen molar-refractivity contribution in [2.45, 2.75) is 63.8 Å². The van der Waals surface area contributed by atoms with Crippen molar-refractivity contribution in [2.75, 3.05) is 17.2 Å². The van der Waals surface area contributed by atoms with Crippen LogP contribution in [-0.2, 0) is 9.59 Å². The summed E-state index contributed by atoms with van der Waals surface area (Å²) < 4.78 is 0. The number of hydrogen-bond acceptors (Lipinski definition) is 3. The van der Waals surface area contributed by atoms with Crippen LogP contribution in [0, 0.1) is 0 Å². The van der Waals surface area contributed by atoms with Crippen LogP contribution >= 0.6 is 0 Å². The van der Waals surface area contributed by atoms with Crippen molar-refractivity contribution in [1.82, 2.24) is 4.90 Å². The predicted molar refractivity (Wildman–Crippen MR) is 126 cm³/mol. The fourth-order valence-corrected chi connectivity index (χ4v) is 5.40. The first kappa shape index (κ1) is 22.1. The molecule has 32 heavy (non-hydrogen) atoms. The molecular formula is C26H31N3O3. The lowest BCUT2D eigenvalue weighted by atomic mass is 9.71. The largest absolute Gasteiger partial charge is 0.332 e. The van der Waals surface area contributed by atoms with Gasteiger partial charge in [0.15, 0.2) is 0 Å². The van der Waals surface area contributed by atoms with Crippen molar-refractivity contribution in [2.24, 2.45) is 0 Å². The lowest BCUT2D eigenvalue weighted by molar-refractivity contribution is -0.121. The highest BCUT2D eigenvalue weighted by molar-refractivity contribution is 6.05. The molecule has 2 aliphatic rings. The van der Waals surface area contributed by atoms with E-state index in [2.05, 4.69) is 17.6 Å². The molecule has 2 aromatic carbocycles. The van der Waals surface area contributed by atoms with Gasteiger partial charge < -0.3 is 15.5 Å². The van der Waals surface area contributed by atoms with E-state index in [4.69, 9.17) is 0 Å². The smallest absolute Gasteiger partial charge is 0.254 e. The van der Waals surface area contributed by atoms with E-state index in [9.17, 15) is 14.4 Å². The Morgan fingerprint density at radius 3 is 2.41 bits per heavy atom. The summed E-state index contributed by atoms with van der Waals surface area (Å²) in [6, 6.07) is 14.7. The molecule has 2 aromatic rings. The van der Waals surface area contributed by atoms with E-state index >= 15 is 0 Å². The Labute approximate surface area is 189 Å². The first-order valence-electron chi connectivity index (χ1n) is 11.6. The summed E-state index contributed by atoms with van der Waals surface area (Å²) in [5.41, 5.74) is 2.23. The zero-order valence-electron chi connectivity index (χ0n) is 18.8. The van der Waals surface area contributed by atoms with Gasteiger partial charge in [-0.3, -0.25) is 14.4 Å². The van der Waals surface area contributed by atoms with Crippen LogP contribution in [0.3, 0.4) is 0 Å². The van der Waals surface area contributed by atoms with E-state index in [1.807, 2.05) is 35.2 Å². The highest BCUT2D eigenvalue weighted by Crippen LogP contribution is 2.50. The first-order chi connectivity index (χ1) is 15.5. The summed E-state index contributed by atoms with van der Waals surface area (Å²) in [5, 5.41) is 5.84. The third kappa shape index (κ3) is 4.01. The molecule has 1 aliphatic heterocycles. The third-order valence-electron chi connectivity index (χ3n) is 6.74. The zero-order valence-corrected chi connectivity index (χ0v) is 18.8. The Kier molecular flexibility index (Phi) is 6.31. The Balaban J connectivity index is 1.73. The summed E-state index contributed by atoms with van der Waals surface area (Å²) in [6.45, 7) is 4.25. The number of carbonyl (C=O) groups excluding carboxylic acids is 3. The Bertz CT molecular complexity index is 1030. The highest BCUT2D eigenvalue weighted by atomic mass is 16.2. The van der Waals surface area contributed by atoms with Crippen LogP contribution in [0.15, 0.2) is 48.5 Å². The maximum absolute atomic E-state index is 13.8. The third-order valence-corrected chi connectivity index (χ3v) is 6.74. The van der Waals surface area contributed by atoms with Gasteiger partial charge in [-0.2, -0.15) is 0 Å². The lowest BCUT2D eigenvalue weighted by Crippen LogP contribution is -2.60. The molecule has 0 radical (unpaired) electrons. The van der Waals surface area contributed by atoms with Crippen molar-refractivity contribution >= 4 is 29.1 Å². The van der Waals surface area contributed by atoms with Crippen LogP contribution in [0.4, 0.5) is 11.4 Å². The first-order valence-corrected chi connectivity index (χ1v) is 11.6. The van der Waals surface area contributed by atoms with E-state index < -0.39 is 11.5 Å². The fraction of sp³-hybridized carbons (Fsp3) is 0.423. The van der Waals surface area contributed by atoms with Gasteiger partial charge in [0, 0.05) is 30.4 Å². The minimum Gasteiger partial charge on any atom is -0.332 e. The number of unbranched alkanes of at least 4 members (excludes halogenated alkanes) is 1. The van der Waals surface area contributed by atoms with Crippen LogP contribution < -0.4 is 10.6 Å². The van der Waals surface area contributed by atoms with Crippen molar-refractivity contribution in [3.05, 3.63) is 59.7 Å². The van der Waals surface area contributed by atoms with Crippen molar-refractivity contribution < 1.29 is 14.4 Å². The van der Waals surface area contributed by atoms with Gasteiger partial charge in [0.25, 0.3) is 5.91 Å². The van der Waals surface area contributed by atoms with Gasteiger partial charge >= 0.3 is 0 Å². The van der Waals surface area contributed by atoms with Crippen LogP contribution in [0.25, 0.3) is 0 Å². The average Bonchev–Trinajstić information content (AvgIpc) is 3.23. The molecule has 6 nitrogen and oxygen atoms in total. The van der Waals surface area contributed by atoms with Gasteiger partial charge in [-0.05, 0) is 49.1 Å². The number of rotatable bonds is 6. The molecule has 0 aromatic heterocycles. The summed E-state index contributed by atoms with van der Waals surface area (Å²) in [6.07, 6.45) is 5.61. The van der Waals surface area contributed by atoms with Crippen molar-refractivity contribution in [3.63, 3.8) is 0 Å². The highest BCUT2D eigenvalue weighted by Gasteiger charge is 2.55. The number of benzene rings is 2. The summed E-state index contributed by atoms with van der Waals surface area (Å²) in [5.74, 6) is -0.647. The molecule has 1 saturated carbocycles. The average molecular weight is 434 g/mol. The number of nitrogens with zero attached hydrogens (tertiary/aromatic N) is 1. The standard InChI is InChI=1S/C26H31N3O3/c1-3-4-16-29-25(32)22-13-6-5-12-21(22)23(26(29)14-7-8-15-26)24(31)28-20-11-9-10-19(17-20)27-18(2)30/h5-6,9-13,17,23H,3-4,7-8,14-16H2,1-2H3,(H,27,30)(H,28,31). The minimum atomic E-state index is -0.486. The van der Waals surface area contributed by atoms with Gasteiger partial charge in [-0.15, -0.1) is 0 Å². The van der Waals surface area contributed by atoms with Crippen LogP contribution in [0.5, 0.6) is 0 Å². The van der Waals surface area contributed by atoms with Gasteiger partial charge in [0.1, 0.15) is 0 Å². The summed E-state index contributed by atoms with van der Waals surface area (Å²) in [4.78, 5) is 40.7. The number of carbonyl (C=O) groups is 3. The normalized spacial score (nSPS) is 19.0. The van der Waals surface area contributed by atoms with Crippen LogP contribution in [-0.4, -0.2) is 34.7 Å². The Morgan fingerprint density at radius 2 is 1.72 bits per heavy atom. The number of fused-ring (bicyclic) bond motifs is 1. The monoisotopic (exact) mass is 433 g/mol. The molecule has 1 spiro atoms. The van der Waals surface area contributed by atoms with Crippen molar-refractivity contribution in [1.29, 1.82) is 0 Å². The minimum absolute atomic E-state index is 0.0488. The number of nitrogens with one attached hydrogen (secondary N) is 2. The van der Waals surface area contributed by atoms with E-state index in [1.165, 1.54) is 6.92 Å². The number of amides is 3. The molecule has 1 unspecified atom stereocenters. The SMILES string of the molecule is CCCCN1C(=O)c2ccccc2C(C(=O)Nc2cccc(NC(C)=O)c2)C12CCCC2. The fourth-order valence-electron chi connectivity index (χ4n) is 5.40. The van der Waals surface area contributed by atoms with Gasteiger partial charge in [0.05, 0.1) is 11.5 Å². The molecule has 2 N–H and O–H groups in total. The second-order valence-electron chi connectivity index (χ2n) is 8.89. The predicted octanol–water partition coefficient (Wildman–Crippen LogP) is 4.94. The topological polar surface area (TPSA) is 78.5 Å². The molecular weight excluding hydrogens is 402 g/mol. The number of hydrogen-bond donors (Lipinski definition) is 2. The quantitative estimate of drug-likeness (QED) is 0.678. The molecule has 168 valence electrons. The molecule has 1 aliphatic carbocycles.